The van der Waals surface area contributed by atoms with Crippen LogP contribution in [0, 0.1) is 0 Å². The average Bonchev–Trinajstić information content (AvgIpc) is 3.83. The molecule has 8 aromatic carbocycles. The first-order valence-corrected chi connectivity index (χ1v) is 18.7. The average molecular weight is 718 g/mol. The van der Waals surface area contributed by atoms with Crippen LogP contribution < -0.4 is 0 Å². The lowest BCUT2D eigenvalue weighted by Crippen LogP contribution is -2.01. The van der Waals surface area contributed by atoms with Crippen molar-refractivity contribution in [1.82, 2.24) is 15.0 Å². The Morgan fingerprint density at radius 2 is 0.696 bits per heavy atom. The topological polar surface area (TPSA) is 65.0 Å². The van der Waals surface area contributed by atoms with E-state index in [0.717, 1.165) is 93.9 Å². The van der Waals surface area contributed by atoms with E-state index in [4.69, 9.17) is 23.8 Å². The van der Waals surface area contributed by atoms with Gasteiger partial charge >= 0.3 is 0 Å². The van der Waals surface area contributed by atoms with E-state index >= 15 is 0 Å². The second-order valence-corrected chi connectivity index (χ2v) is 14.0. The zero-order valence-electron chi connectivity index (χ0n) is 30.1. The number of aromatic nitrogens is 3. The molecule has 0 N–H and O–H groups in total. The van der Waals surface area contributed by atoms with Crippen molar-refractivity contribution in [1.29, 1.82) is 0 Å². The zero-order chi connectivity index (χ0) is 37.0. The SMILES string of the molecule is c1ccc(-c2nc(-c3ccc(-c4ccc(-c5ccc6oc7cc8oc9ccccc9c8cc7c6c5)cc4)cc3)nc(-c3ccccc3-c3ccccc3)n2)cc1. The number of fused-ring (bicyclic) bond motifs is 6. The molecule has 0 saturated carbocycles. The van der Waals surface area contributed by atoms with Gasteiger partial charge in [0.25, 0.3) is 0 Å². The standard InChI is InChI=1S/C51H31N3O2/c1-3-11-35(12-4-1)39-15-7-8-17-41(39)51-53-49(36-13-5-2-6-14-36)52-50(54-51)37-25-23-33(24-26-37)32-19-21-34(22-20-32)38-27-28-46-42(29-38)44-30-43-40-16-9-10-18-45(40)55-47(43)31-48(44)56-46/h1-31H. The maximum atomic E-state index is 6.28. The lowest BCUT2D eigenvalue weighted by atomic mass is 9.98. The lowest BCUT2D eigenvalue weighted by molar-refractivity contribution is 0.656. The first-order chi connectivity index (χ1) is 27.7. The summed E-state index contributed by atoms with van der Waals surface area (Å²) in [4.78, 5) is 15.0. The van der Waals surface area contributed by atoms with Gasteiger partial charge in [-0.25, -0.2) is 15.0 Å². The van der Waals surface area contributed by atoms with Crippen LogP contribution in [0.5, 0.6) is 0 Å². The van der Waals surface area contributed by atoms with E-state index in [9.17, 15) is 0 Å². The van der Waals surface area contributed by atoms with E-state index in [2.05, 4.69) is 121 Å². The van der Waals surface area contributed by atoms with Crippen LogP contribution in [0.25, 0.3) is 111 Å². The fraction of sp³-hybridized carbons (Fsp3) is 0. The van der Waals surface area contributed by atoms with Crippen LogP contribution in [0.3, 0.4) is 0 Å². The van der Waals surface area contributed by atoms with Crippen LogP contribution >= 0.6 is 0 Å². The molecule has 0 amide bonds. The molecule has 0 spiro atoms. The van der Waals surface area contributed by atoms with Crippen LogP contribution in [-0.2, 0) is 0 Å². The van der Waals surface area contributed by atoms with Gasteiger partial charge in [0, 0.05) is 44.3 Å². The Morgan fingerprint density at radius 3 is 1.38 bits per heavy atom. The van der Waals surface area contributed by atoms with E-state index in [1.54, 1.807) is 0 Å². The molecule has 0 unspecified atom stereocenters. The van der Waals surface area contributed by atoms with Crippen molar-refractivity contribution >= 4 is 43.9 Å². The van der Waals surface area contributed by atoms with Crippen LogP contribution in [0.1, 0.15) is 0 Å². The molecule has 3 heterocycles. The molecule has 0 fully saturated rings. The monoisotopic (exact) mass is 717 g/mol. The van der Waals surface area contributed by atoms with Crippen molar-refractivity contribution in [2.24, 2.45) is 0 Å². The molecule has 0 radical (unpaired) electrons. The Hall–Kier alpha value is -7.63. The normalized spacial score (nSPS) is 11.6. The third-order valence-electron chi connectivity index (χ3n) is 10.6. The van der Waals surface area contributed by atoms with Crippen LogP contribution in [0.4, 0.5) is 0 Å². The van der Waals surface area contributed by atoms with Gasteiger partial charge in [0.15, 0.2) is 17.5 Å². The summed E-state index contributed by atoms with van der Waals surface area (Å²) >= 11 is 0. The molecule has 11 aromatic rings. The number of benzene rings is 8. The summed E-state index contributed by atoms with van der Waals surface area (Å²) in [6, 6.07) is 64.7. The Kier molecular flexibility index (Phi) is 7.42. The molecule has 3 aromatic heterocycles. The molecule has 262 valence electrons. The summed E-state index contributed by atoms with van der Waals surface area (Å²) in [5.41, 5.74) is 12.9. The predicted octanol–water partition coefficient (Wildman–Crippen LogP) is 13.7. The largest absolute Gasteiger partial charge is 0.456 e. The van der Waals surface area contributed by atoms with Crippen molar-refractivity contribution in [3.63, 3.8) is 0 Å². The molecular formula is C51H31N3O2. The third-order valence-corrected chi connectivity index (χ3v) is 10.6. The maximum Gasteiger partial charge on any atom is 0.164 e. The van der Waals surface area contributed by atoms with Gasteiger partial charge < -0.3 is 8.83 Å². The molecule has 0 aliphatic carbocycles. The molecule has 0 aliphatic heterocycles. The van der Waals surface area contributed by atoms with Crippen molar-refractivity contribution < 1.29 is 8.83 Å². The summed E-state index contributed by atoms with van der Waals surface area (Å²) in [6.07, 6.45) is 0. The third kappa shape index (κ3) is 5.53. The van der Waals surface area contributed by atoms with E-state index in [1.165, 1.54) is 0 Å². The van der Waals surface area contributed by atoms with Gasteiger partial charge in [-0.05, 0) is 57.6 Å². The molecule has 0 saturated heterocycles. The maximum absolute atomic E-state index is 6.28. The van der Waals surface area contributed by atoms with Crippen molar-refractivity contribution in [2.75, 3.05) is 0 Å². The van der Waals surface area contributed by atoms with Gasteiger partial charge in [0.05, 0.1) is 0 Å². The van der Waals surface area contributed by atoms with E-state index in [0.29, 0.717) is 17.5 Å². The van der Waals surface area contributed by atoms with Gasteiger partial charge in [-0.3, -0.25) is 0 Å². The van der Waals surface area contributed by atoms with Gasteiger partial charge in [-0.1, -0.05) is 158 Å². The Labute approximate surface area is 322 Å². The highest BCUT2D eigenvalue weighted by Crippen LogP contribution is 2.39. The van der Waals surface area contributed by atoms with E-state index < -0.39 is 0 Å². The van der Waals surface area contributed by atoms with Gasteiger partial charge in [-0.2, -0.15) is 0 Å². The summed E-state index contributed by atoms with van der Waals surface area (Å²) in [5.74, 6) is 1.90. The highest BCUT2D eigenvalue weighted by atomic mass is 16.3. The van der Waals surface area contributed by atoms with E-state index in [1.807, 2.05) is 66.7 Å². The second-order valence-electron chi connectivity index (χ2n) is 14.0. The molecule has 5 heteroatoms. The quantitative estimate of drug-likeness (QED) is 0.171. The summed E-state index contributed by atoms with van der Waals surface area (Å²) in [5, 5.41) is 4.37. The molecular weight excluding hydrogens is 687 g/mol. The molecule has 56 heavy (non-hydrogen) atoms. The minimum Gasteiger partial charge on any atom is -0.456 e. The highest BCUT2D eigenvalue weighted by Gasteiger charge is 2.17. The molecule has 11 rings (SSSR count). The Bertz CT molecular complexity index is 3220. The van der Waals surface area contributed by atoms with E-state index in [-0.39, 0.29) is 0 Å². The fourth-order valence-electron chi connectivity index (χ4n) is 7.73. The number of hydrogen-bond donors (Lipinski definition) is 0. The zero-order valence-corrected chi connectivity index (χ0v) is 30.1. The van der Waals surface area contributed by atoms with Gasteiger partial charge in [0.2, 0.25) is 0 Å². The number of nitrogens with zero attached hydrogens (tertiary/aromatic N) is 3. The number of hydrogen-bond acceptors (Lipinski definition) is 5. The van der Waals surface area contributed by atoms with Crippen LogP contribution in [0.2, 0.25) is 0 Å². The number of furan rings is 2. The number of para-hydroxylation sites is 1. The molecule has 0 atom stereocenters. The Morgan fingerprint density at radius 1 is 0.250 bits per heavy atom. The van der Waals surface area contributed by atoms with Crippen molar-refractivity contribution in [3.8, 4) is 67.5 Å². The minimum atomic E-state index is 0.627. The minimum absolute atomic E-state index is 0.627. The van der Waals surface area contributed by atoms with Crippen LogP contribution in [-0.4, -0.2) is 15.0 Å². The summed E-state index contributed by atoms with van der Waals surface area (Å²) in [7, 11) is 0. The molecule has 0 aliphatic rings. The smallest absolute Gasteiger partial charge is 0.164 e. The molecule has 5 nitrogen and oxygen atoms in total. The first-order valence-electron chi connectivity index (χ1n) is 18.7. The Balaban J connectivity index is 0.921. The van der Waals surface area contributed by atoms with Gasteiger partial charge in [-0.15, -0.1) is 0 Å². The second kappa shape index (κ2) is 13.0. The fourth-order valence-corrected chi connectivity index (χ4v) is 7.73. The van der Waals surface area contributed by atoms with Crippen LogP contribution in [0.15, 0.2) is 197 Å². The summed E-state index contributed by atoms with van der Waals surface area (Å²) < 4.78 is 12.4. The summed E-state index contributed by atoms with van der Waals surface area (Å²) in [6.45, 7) is 0. The highest BCUT2D eigenvalue weighted by molar-refractivity contribution is 6.15. The van der Waals surface area contributed by atoms with Gasteiger partial charge in [0.1, 0.15) is 22.3 Å². The lowest BCUT2D eigenvalue weighted by Gasteiger charge is -2.12. The molecule has 0 bridgehead atoms. The van der Waals surface area contributed by atoms with Crippen molar-refractivity contribution in [3.05, 3.63) is 188 Å². The predicted molar refractivity (Wildman–Crippen MR) is 227 cm³/mol. The number of rotatable bonds is 6. The van der Waals surface area contributed by atoms with Crippen molar-refractivity contribution in [2.45, 2.75) is 0 Å². The first kappa shape index (κ1) is 31.9.